The highest BCUT2D eigenvalue weighted by atomic mass is 19.1. The first-order valence-electron chi connectivity index (χ1n) is 6.84. The quantitative estimate of drug-likeness (QED) is 0.909. The highest BCUT2D eigenvalue weighted by molar-refractivity contribution is 5.70. The minimum absolute atomic E-state index is 0.207. The first-order valence-corrected chi connectivity index (χ1v) is 6.84. The molecule has 0 spiro atoms. The van der Waals surface area contributed by atoms with Gasteiger partial charge in [0.15, 0.2) is 0 Å². The molecule has 0 aliphatic carbocycles. The summed E-state index contributed by atoms with van der Waals surface area (Å²) in [7, 11) is 0. The summed E-state index contributed by atoms with van der Waals surface area (Å²) < 4.78 is 13.0. The Labute approximate surface area is 113 Å². The van der Waals surface area contributed by atoms with Crippen LogP contribution >= 0.6 is 0 Å². The van der Waals surface area contributed by atoms with Crippen LogP contribution in [0.4, 0.5) is 4.39 Å². The molecule has 1 saturated heterocycles. The fourth-order valence-electron chi connectivity index (χ4n) is 2.85. The average molecular weight is 265 g/mol. The van der Waals surface area contributed by atoms with E-state index < -0.39 is 5.97 Å². The third-order valence-electron chi connectivity index (χ3n) is 3.96. The summed E-state index contributed by atoms with van der Waals surface area (Å²) in [6, 6.07) is 6.89. The lowest BCUT2D eigenvalue weighted by atomic mass is 9.93. The second-order valence-electron chi connectivity index (χ2n) is 5.12. The minimum atomic E-state index is -0.686. The Kier molecular flexibility index (Phi) is 4.53. The smallest absolute Gasteiger partial charge is 0.306 e. The van der Waals surface area contributed by atoms with E-state index >= 15 is 0 Å². The number of carbonyl (C=O) groups is 1. The number of rotatable bonds is 4. The van der Waals surface area contributed by atoms with E-state index in [4.69, 9.17) is 5.11 Å². The van der Waals surface area contributed by atoms with Crippen LogP contribution in [-0.2, 0) is 4.79 Å². The van der Waals surface area contributed by atoms with Gasteiger partial charge in [-0.2, -0.15) is 0 Å². The molecule has 1 fully saturated rings. The predicted molar refractivity (Wildman–Crippen MR) is 71.4 cm³/mol. The Balaban J connectivity index is 2.03. The lowest BCUT2D eigenvalue weighted by Gasteiger charge is -2.36. The number of carboxylic acid groups (broad SMARTS) is 1. The largest absolute Gasteiger partial charge is 0.481 e. The van der Waals surface area contributed by atoms with Crippen molar-refractivity contribution in [2.45, 2.75) is 32.2 Å². The number of piperidine rings is 1. The van der Waals surface area contributed by atoms with Crippen molar-refractivity contribution in [2.75, 3.05) is 13.1 Å². The van der Waals surface area contributed by atoms with E-state index in [1.54, 1.807) is 0 Å². The monoisotopic (exact) mass is 265 g/mol. The maximum Gasteiger partial charge on any atom is 0.306 e. The summed E-state index contributed by atoms with van der Waals surface area (Å²) in [6.45, 7) is 3.71. The van der Waals surface area contributed by atoms with Gasteiger partial charge in [0.1, 0.15) is 5.82 Å². The second kappa shape index (κ2) is 6.15. The maximum atomic E-state index is 13.0. The molecule has 0 aromatic heterocycles. The Hall–Kier alpha value is -1.42. The van der Waals surface area contributed by atoms with Crippen LogP contribution in [0.25, 0.3) is 0 Å². The molecule has 0 bridgehead atoms. The number of carboxylic acids is 1. The molecule has 19 heavy (non-hydrogen) atoms. The SMILES string of the molecule is CCC(c1ccc(F)cc1)N1CCC(C(=O)O)CC1. The highest BCUT2D eigenvalue weighted by Gasteiger charge is 2.28. The minimum Gasteiger partial charge on any atom is -0.481 e. The molecule has 3 nitrogen and oxygen atoms in total. The third-order valence-corrected chi connectivity index (χ3v) is 3.96. The molecule has 1 heterocycles. The fourth-order valence-corrected chi connectivity index (χ4v) is 2.85. The van der Waals surface area contributed by atoms with E-state index in [2.05, 4.69) is 11.8 Å². The summed E-state index contributed by atoms with van der Waals surface area (Å²) in [4.78, 5) is 13.3. The van der Waals surface area contributed by atoms with E-state index in [1.165, 1.54) is 12.1 Å². The van der Waals surface area contributed by atoms with Crippen LogP contribution in [0.1, 0.15) is 37.8 Å². The van der Waals surface area contributed by atoms with Crippen LogP contribution in [-0.4, -0.2) is 29.1 Å². The molecule has 1 unspecified atom stereocenters. The molecule has 2 rings (SSSR count). The topological polar surface area (TPSA) is 40.5 Å². The van der Waals surface area contributed by atoms with Gasteiger partial charge >= 0.3 is 5.97 Å². The van der Waals surface area contributed by atoms with Crippen molar-refractivity contribution in [3.05, 3.63) is 35.6 Å². The molecule has 0 amide bonds. The predicted octanol–water partition coefficient (Wildman–Crippen LogP) is 3.07. The van der Waals surface area contributed by atoms with E-state index in [0.717, 1.165) is 25.1 Å². The number of halogens is 1. The van der Waals surface area contributed by atoms with E-state index in [-0.39, 0.29) is 17.8 Å². The second-order valence-corrected chi connectivity index (χ2v) is 5.12. The highest BCUT2D eigenvalue weighted by Crippen LogP contribution is 2.29. The first kappa shape index (κ1) is 14.0. The molecule has 1 aromatic rings. The van der Waals surface area contributed by atoms with Crippen LogP contribution in [0.5, 0.6) is 0 Å². The first-order chi connectivity index (χ1) is 9.11. The molecule has 4 heteroatoms. The van der Waals surface area contributed by atoms with Gasteiger partial charge in [-0.15, -0.1) is 0 Å². The van der Waals surface area contributed by atoms with E-state index in [9.17, 15) is 9.18 Å². The van der Waals surface area contributed by atoms with Gasteiger partial charge in [0, 0.05) is 6.04 Å². The Bertz CT molecular complexity index is 424. The summed E-state index contributed by atoms with van der Waals surface area (Å²) in [5.41, 5.74) is 1.11. The number of likely N-dealkylation sites (tertiary alicyclic amines) is 1. The van der Waals surface area contributed by atoms with Crippen molar-refractivity contribution < 1.29 is 14.3 Å². The van der Waals surface area contributed by atoms with Gasteiger partial charge < -0.3 is 5.11 Å². The number of benzene rings is 1. The van der Waals surface area contributed by atoms with Crippen LogP contribution < -0.4 is 0 Å². The van der Waals surface area contributed by atoms with Crippen LogP contribution in [0, 0.1) is 11.7 Å². The molecular formula is C15H20FNO2. The van der Waals surface area contributed by atoms with Crippen LogP contribution in [0.15, 0.2) is 24.3 Å². The van der Waals surface area contributed by atoms with Gasteiger partial charge in [0.05, 0.1) is 5.92 Å². The average Bonchev–Trinajstić information content (AvgIpc) is 2.42. The standard InChI is InChI=1S/C15H20FNO2/c1-2-14(11-3-5-13(16)6-4-11)17-9-7-12(8-10-17)15(18)19/h3-6,12,14H,2,7-10H2,1H3,(H,18,19). The molecule has 1 aliphatic heterocycles. The van der Waals surface area contributed by atoms with Crippen LogP contribution in [0.3, 0.4) is 0 Å². The zero-order valence-corrected chi connectivity index (χ0v) is 11.2. The van der Waals surface area contributed by atoms with Gasteiger partial charge in [-0.05, 0) is 50.0 Å². The molecule has 1 aliphatic rings. The van der Waals surface area contributed by atoms with E-state index in [0.29, 0.717) is 12.8 Å². The molecular weight excluding hydrogens is 245 g/mol. The van der Waals surface area contributed by atoms with Crippen LogP contribution in [0.2, 0.25) is 0 Å². The zero-order valence-electron chi connectivity index (χ0n) is 11.2. The Morgan fingerprint density at radius 2 is 1.95 bits per heavy atom. The van der Waals surface area contributed by atoms with Crippen molar-refractivity contribution in [3.63, 3.8) is 0 Å². The zero-order chi connectivity index (χ0) is 13.8. The molecule has 0 radical (unpaired) electrons. The van der Waals surface area contributed by atoms with Crippen molar-refractivity contribution >= 4 is 5.97 Å². The van der Waals surface area contributed by atoms with E-state index in [1.807, 2.05) is 12.1 Å². The normalized spacial score (nSPS) is 19.3. The van der Waals surface area contributed by atoms with Crippen molar-refractivity contribution in [2.24, 2.45) is 5.92 Å². The number of hydrogen-bond donors (Lipinski definition) is 1. The lowest BCUT2D eigenvalue weighted by molar-refractivity contribution is -0.143. The van der Waals surface area contributed by atoms with Gasteiger partial charge in [-0.1, -0.05) is 19.1 Å². The Morgan fingerprint density at radius 3 is 2.42 bits per heavy atom. The van der Waals surface area contributed by atoms with Crippen molar-refractivity contribution in [1.29, 1.82) is 0 Å². The van der Waals surface area contributed by atoms with Gasteiger partial charge in [-0.25, -0.2) is 4.39 Å². The third kappa shape index (κ3) is 3.32. The maximum absolute atomic E-state index is 13.0. The van der Waals surface area contributed by atoms with Crippen molar-refractivity contribution in [3.8, 4) is 0 Å². The number of aliphatic carboxylic acids is 1. The van der Waals surface area contributed by atoms with Gasteiger partial charge in [0.2, 0.25) is 0 Å². The number of hydrogen-bond acceptors (Lipinski definition) is 2. The molecule has 104 valence electrons. The fraction of sp³-hybridized carbons (Fsp3) is 0.533. The number of nitrogens with zero attached hydrogens (tertiary/aromatic N) is 1. The summed E-state index contributed by atoms with van der Waals surface area (Å²) >= 11 is 0. The Morgan fingerprint density at radius 1 is 1.37 bits per heavy atom. The molecule has 0 saturated carbocycles. The van der Waals surface area contributed by atoms with Gasteiger partial charge in [0.25, 0.3) is 0 Å². The van der Waals surface area contributed by atoms with Gasteiger partial charge in [-0.3, -0.25) is 9.69 Å². The summed E-state index contributed by atoms with van der Waals surface area (Å²) in [5, 5.41) is 9.01. The molecule has 1 aromatic carbocycles. The molecule has 1 N–H and O–H groups in total. The summed E-state index contributed by atoms with van der Waals surface area (Å²) in [6.07, 6.45) is 2.35. The lowest BCUT2D eigenvalue weighted by Crippen LogP contribution is -2.38. The van der Waals surface area contributed by atoms with Crippen molar-refractivity contribution in [1.82, 2.24) is 4.90 Å². The summed E-state index contributed by atoms with van der Waals surface area (Å²) in [5.74, 6) is -1.11. The molecule has 1 atom stereocenters.